The van der Waals surface area contributed by atoms with Crippen LogP contribution in [0, 0.1) is 12.1 Å². The molecule has 0 fully saturated rings. The third-order valence-electron chi connectivity index (χ3n) is 11.2. The third-order valence-corrected chi connectivity index (χ3v) is 11.2. The maximum atomic E-state index is 5.13. The van der Waals surface area contributed by atoms with Crippen molar-refractivity contribution in [3.8, 4) is 34.3 Å². The molecule has 0 unspecified atom stereocenters. The second kappa shape index (κ2) is 13.8. The molecule has 280 valence electrons. The summed E-state index contributed by atoms with van der Waals surface area (Å²) in [7, 11) is 0. The zero-order valence-electron chi connectivity index (χ0n) is 32.4. The molecular formula is C50H40N6Pt. The molecular weight excluding hydrogens is 880 g/mol. The van der Waals surface area contributed by atoms with Gasteiger partial charge >= 0.3 is 21.1 Å². The average molecular weight is 920 g/mol. The van der Waals surface area contributed by atoms with Gasteiger partial charge in [0.2, 0.25) is 0 Å². The van der Waals surface area contributed by atoms with Gasteiger partial charge in [0.25, 0.3) is 0 Å². The number of hydrogen-bond acceptors (Lipinski definition) is 4. The van der Waals surface area contributed by atoms with E-state index in [0.717, 1.165) is 72.9 Å². The Morgan fingerprint density at radius 2 is 1.32 bits per heavy atom. The van der Waals surface area contributed by atoms with Crippen LogP contribution in [0.25, 0.3) is 56.1 Å². The number of fused-ring (bicyclic) bond motifs is 5. The van der Waals surface area contributed by atoms with Gasteiger partial charge in [-0.25, -0.2) is 14.6 Å². The number of para-hydroxylation sites is 2. The minimum atomic E-state index is -0.298. The summed E-state index contributed by atoms with van der Waals surface area (Å²) in [6.07, 6.45) is 1.92. The summed E-state index contributed by atoms with van der Waals surface area (Å²) >= 11 is 0. The maximum absolute atomic E-state index is 5.13. The number of anilines is 3. The number of pyridine rings is 1. The molecule has 9 aromatic rings. The van der Waals surface area contributed by atoms with Crippen molar-refractivity contribution in [1.82, 2.24) is 24.3 Å². The molecule has 6 nitrogen and oxygen atoms in total. The van der Waals surface area contributed by atoms with E-state index in [9.17, 15) is 0 Å². The van der Waals surface area contributed by atoms with Crippen LogP contribution in [0.4, 0.5) is 17.1 Å². The smallest absolute Gasteiger partial charge is 0.358 e. The van der Waals surface area contributed by atoms with E-state index in [2.05, 4.69) is 153 Å². The maximum Gasteiger partial charge on any atom is 2.00 e. The van der Waals surface area contributed by atoms with E-state index in [1.54, 1.807) is 0 Å². The minimum absolute atomic E-state index is 0. The molecule has 6 aromatic carbocycles. The normalized spacial score (nSPS) is 13.3. The standard InChI is InChI=1S/C50H40N6.Pt/c1-49(2,3)35-28-29-51-46(30-35)55-42-22-14-12-20-38(42)39-26-24-36(31-44(39)55)54-43-23-15-13-21-40(43)50(4,5)41-27-25-37(32-45(41)54)56-48(34-18-10-7-11-19-34)52-47(53-56)33-16-8-6-9-17-33;/h6-30H,1-5H3;/q-2;+2. The predicted octanol–water partition coefficient (Wildman–Crippen LogP) is 12.1. The van der Waals surface area contributed by atoms with E-state index >= 15 is 0 Å². The van der Waals surface area contributed by atoms with Crippen molar-refractivity contribution in [2.75, 3.05) is 4.90 Å². The van der Waals surface area contributed by atoms with E-state index in [1.807, 2.05) is 59.4 Å². The van der Waals surface area contributed by atoms with Crippen molar-refractivity contribution in [3.63, 3.8) is 0 Å². The van der Waals surface area contributed by atoms with E-state index in [0.29, 0.717) is 5.82 Å². The Labute approximate surface area is 347 Å². The molecule has 0 saturated carbocycles. The van der Waals surface area contributed by atoms with Crippen molar-refractivity contribution >= 4 is 38.9 Å². The molecule has 0 aliphatic carbocycles. The number of aromatic nitrogens is 5. The molecule has 0 amide bonds. The summed E-state index contributed by atoms with van der Waals surface area (Å²) < 4.78 is 4.19. The molecule has 0 radical (unpaired) electrons. The van der Waals surface area contributed by atoms with Crippen LogP contribution in [0.2, 0.25) is 0 Å². The summed E-state index contributed by atoms with van der Waals surface area (Å²) in [5.41, 5.74) is 11.1. The molecule has 0 saturated heterocycles. The van der Waals surface area contributed by atoms with E-state index in [4.69, 9.17) is 15.1 Å². The summed E-state index contributed by atoms with van der Waals surface area (Å²) in [6.45, 7) is 11.3. The van der Waals surface area contributed by atoms with Crippen molar-refractivity contribution < 1.29 is 21.1 Å². The van der Waals surface area contributed by atoms with Crippen molar-refractivity contribution in [3.05, 3.63) is 181 Å². The fourth-order valence-corrected chi connectivity index (χ4v) is 8.21. The van der Waals surface area contributed by atoms with Crippen LogP contribution < -0.4 is 4.90 Å². The molecule has 3 aromatic heterocycles. The Balaban J connectivity index is 0.00000422. The van der Waals surface area contributed by atoms with Crippen molar-refractivity contribution in [2.24, 2.45) is 0 Å². The zero-order chi connectivity index (χ0) is 38.2. The average Bonchev–Trinajstić information content (AvgIpc) is 3.82. The van der Waals surface area contributed by atoms with E-state index in [1.165, 1.54) is 11.1 Å². The molecule has 57 heavy (non-hydrogen) atoms. The molecule has 1 aliphatic rings. The Bertz CT molecular complexity index is 2940. The number of rotatable bonds is 5. The molecule has 10 rings (SSSR count). The van der Waals surface area contributed by atoms with Crippen LogP contribution in [-0.2, 0) is 31.9 Å². The van der Waals surface area contributed by atoms with E-state index in [-0.39, 0.29) is 31.9 Å². The van der Waals surface area contributed by atoms with Crippen LogP contribution in [0.1, 0.15) is 51.3 Å². The summed E-state index contributed by atoms with van der Waals surface area (Å²) in [4.78, 5) is 12.4. The fourth-order valence-electron chi connectivity index (χ4n) is 8.21. The van der Waals surface area contributed by atoms with Crippen molar-refractivity contribution in [2.45, 2.75) is 45.4 Å². The molecule has 7 heteroatoms. The molecule has 0 bridgehead atoms. The Morgan fingerprint density at radius 3 is 2.09 bits per heavy atom. The molecule has 0 spiro atoms. The second-order valence-electron chi connectivity index (χ2n) is 16.1. The molecule has 0 atom stereocenters. The summed E-state index contributed by atoms with van der Waals surface area (Å²) in [5.74, 6) is 2.29. The SMILES string of the molecule is CC(C)(C)c1ccnc(-n2c3[c-]c(N4c5[c-]c(-n6nc(-c7ccccc7)nc6-c6ccccc6)ccc5C(C)(C)c5ccccc54)ccc3c3ccccc32)c1.[Pt+2]. The first kappa shape index (κ1) is 36.5. The van der Waals surface area contributed by atoms with Crippen molar-refractivity contribution in [1.29, 1.82) is 0 Å². The van der Waals surface area contributed by atoms with Crippen LogP contribution in [0.15, 0.2) is 152 Å². The second-order valence-corrected chi connectivity index (χ2v) is 16.1. The monoisotopic (exact) mass is 919 g/mol. The molecule has 4 heterocycles. The van der Waals surface area contributed by atoms with Gasteiger partial charge in [0.05, 0.1) is 0 Å². The fraction of sp³-hybridized carbons (Fsp3) is 0.140. The van der Waals surface area contributed by atoms with Gasteiger partial charge in [-0.2, -0.15) is 12.1 Å². The van der Waals surface area contributed by atoms with Gasteiger partial charge in [-0.15, -0.1) is 40.3 Å². The number of benzene rings is 6. The van der Waals surface area contributed by atoms with Gasteiger partial charge in [-0.05, 0) is 57.3 Å². The van der Waals surface area contributed by atoms with Crippen LogP contribution in [0.5, 0.6) is 0 Å². The Kier molecular flexibility index (Phi) is 8.86. The predicted molar refractivity (Wildman–Crippen MR) is 228 cm³/mol. The zero-order valence-corrected chi connectivity index (χ0v) is 34.7. The van der Waals surface area contributed by atoms with E-state index < -0.39 is 0 Å². The minimum Gasteiger partial charge on any atom is -0.358 e. The molecule has 0 N–H and O–H groups in total. The van der Waals surface area contributed by atoms with Crippen LogP contribution in [0.3, 0.4) is 0 Å². The molecule has 1 aliphatic heterocycles. The van der Waals surface area contributed by atoms with Gasteiger partial charge in [-0.1, -0.05) is 149 Å². The van der Waals surface area contributed by atoms with Gasteiger partial charge in [-0.3, -0.25) is 0 Å². The van der Waals surface area contributed by atoms with Gasteiger partial charge in [0.1, 0.15) is 5.82 Å². The summed E-state index contributed by atoms with van der Waals surface area (Å²) in [6, 6.07) is 58.6. The quantitative estimate of drug-likeness (QED) is 0.161. The van der Waals surface area contributed by atoms with Gasteiger partial charge in [0.15, 0.2) is 11.6 Å². The summed E-state index contributed by atoms with van der Waals surface area (Å²) in [5, 5.41) is 7.41. The van der Waals surface area contributed by atoms with Crippen LogP contribution in [-0.4, -0.2) is 24.3 Å². The first-order valence-corrected chi connectivity index (χ1v) is 19.1. The number of nitrogens with zero attached hydrogens (tertiary/aromatic N) is 6. The first-order valence-electron chi connectivity index (χ1n) is 19.1. The topological polar surface area (TPSA) is 51.8 Å². The van der Waals surface area contributed by atoms with Crippen LogP contribution >= 0.6 is 0 Å². The third kappa shape index (κ3) is 6.02. The Hall–Kier alpha value is -6.10. The largest absolute Gasteiger partial charge is 2.00 e. The van der Waals surface area contributed by atoms with Gasteiger partial charge < -0.3 is 9.47 Å². The number of hydrogen-bond donors (Lipinski definition) is 0. The Morgan fingerprint density at radius 1 is 0.632 bits per heavy atom. The first-order chi connectivity index (χ1) is 27.2. The van der Waals surface area contributed by atoms with Gasteiger partial charge in [0, 0.05) is 28.5 Å².